The number of nitrogens with zero attached hydrogens (tertiary/aromatic N) is 5. The molecule has 0 saturated carbocycles. The molecule has 4 rings (SSSR count). The van der Waals surface area contributed by atoms with Gasteiger partial charge in [-0.15, -0.1) is 0 Å². The number of carbonyl (C=O) groups is 1. The maximum absolute atomic E-state index is 13.1. The number of amides is 1. The summed E-state index contributed by atoms with van der Waals surface area (Å²) in [6.07, 6.45) is 5.85. The van der Waals surface area contributed by atoms with Crippen molar-refractivity contribution in [1.29, 1.82) is 0 Å². The first-order valence-corrected chi connectivity index (χ1v) is 13.8. The van der Waals surface area contributed by atoms with Crippen LogP contribution in [0.1, 0.15) is 56.1 Å². The van der Waals surface area contributed by atoms with Crippen LogP contribution in [-0.4, -0.2) is 65.5 Å². The number of anilines is 1. The van der Waals surface area contributed by atoms with Crippen molar-refractivity contribution in [1.82, 2.24) is 19.2 Å². The van der Waals surface area contributed by atoms with Crippen molar-refractivity contribution in [2.24, 2.45) is 5.92 Å². The van der Waals surface area contributed by atoms with Crippen LogP contribution in [0.3, 0.4) is 0 Å². The molecule has 2 aromatic rings. The van der Waals surface area contributed by atoms with Crippen LogP contribution in [0.25, 0.3) is 0 Å². The van der Waals surface area contributed by atoms with Gasteiger partial charge >= 0.3 is 0 Å². The first-order valence-electron chi connectivity index (χ1n) is 11.2. The Balaban J connectivity index is 1.35. The Labute approximate surface area is 194 Å². The lowest BCUT2D eigenvalue weighted by Gasteiger charge is -2.36. The topological polar surface area (TPSA) is 96.4 Å². The highest BCUT2D eigenvalue weighted by atomic mass is 32.2. The Morgan fingerprint density at radius 2 is 1.91 bits per heavy atom. The van der Waals surface area contributed by atoms with E-state index in [1.54, 1.807) is 6.07 Å². The molecule has 10 heteroatoms. The summed E-state index contributed by atoms with van der Waals surface area (Å²) in [5.74, 6) is 1.35. The molecule has 0 aliphatic carbocycles. The molecule has 2 aromatic heterocycles. The Kier molecular flexibility index (Phi) is 6.53. The second-order valence-electron chi connectivity index (χ2n) is 9.24. The Morgan fingerprint density at radius 3 is 2.50 bits per heavy atom. The lowest BCUT2D eigenvalue weighted by atomic mass is 9.98. The van der Waals surface area contributed by atoms with Gasteiger partial charge in [0.1, 0.15) is 5.82 Å². The molecule has 0 N–H and O–H groups in total. The van der Waals surface area contributed by atoms with E-state index in [0.717, 1.165) is 61.1 Å². The second kappa shape index (κ2) is 9.05. The van der Waals surface area contributed by atoms with E-state index < -0.39 is 9.84 Å². The van der Waals surface area contributed by atoms with Gasteiger partial charge in [0.05, 0.1) is 4.90 Å². The molecule has 4 heterocycles. The summed E-state index contributed by atoms with van der Waals surface area (Å²) in [4.78, 5) is 26.7. The summed E-state index contributed by atoms with van der Waals surface area (Å²) in [5, 5.41) is 0.983. The second-order valence-corrected chi connectivity index (χ2v) is 12.0. The monoisotopic (exact) mass is 477 g/mol. The van der Waals surface area contributed by atoms with Gasteiger partial charge in [-0.2, -0.15) is 4.37 Å². The van der Waals surface area contributed by atoms with Crippen molar-refractivity contribution in [3.05, 3.63) is 29.3 Å². The molecule has 0 aromatic carbocycles. The van der Waals surface area contributed by atoms with Crippen LogP contribution in [0, 0.1) is 12.8 Å². The highest BCUT2D eigenvalue weighted by Crippen LogP contribution is 2.31. The van der Waals surface area contributed by atoms with Gasteiger partial charge in [0, 0.05) is 73.6 Å². The van der Waals surface area contributed by atoms with E-state index in [-0.39, 0.29) is 22.8 Å². The summed E-state index contributed by atoms with van der Waals surface area (Å²) >= 11 is 1.46. The Morgan fingerprint density at radius 1 is 1.19 bits per heavy atom. The maximum Gasteiger partial charge on any atom is 0.226 e. The third-order valence-electron chi connectivity index (χ3n) is 6.50. The average Bonchev–Trinajstić information content (AvgIpc) is 3.37. The molecule has 2 saturated heterocycles. The first-order chi connectivity index (χ1) is 15.1. The van der Waals surface area contributed by atoms with E-state index in [9.17, 15) is 13.2 Å². The molecule has 2 aliphatic rings. The zero-order valence-corrected chi connectivity index (χ0v) is 20.7. The van der Waals surface area contributed by atoms with E-state index in [2.05, 4.69) is 38.0 Å². The van der Waals surface area contributed by atoms with Gasteiger partial charge < -0.3 is 9.80 Å². The smallest absolute Gasteiger partial charge is 0.226 e. The van der Waals surface area contributed by atoms with E-state index in [1.807, 2.05) is 6.92 Å². The van der Waals surface area contributed by atoms with Crippen molar-refractivity contribution in [2.75, 3.05) is 30.8 Å². The Bertz CT molecular complexity index is 1090. The molecule has 2 aliphatic heterocycles. The van der Waals surface area contributed by atoms with Crippen LogP contribution in [0.5, 0.6) is 0 Å². The van der Waals surface area contributed by atoms with Gasteiger partial charge in [0.2, 0.25) is 11.0 Å². The third-order valence-corrected chi connectivity index (χ3v) is 8.37. The third kappa shape index (κ3) is 4.80. The number of rotatable bonds is 6. The summed E-state index contributed by atoms with van der Waals surface area (Å²) in [7, 11) is -3.28. The van der Waals surface area contributed by atoms with Crippen LogP contribution in [0.4, 0.5) is 5.13 Å². The number of likely N-dealkylation sites (tertiary alicyclic amines) is 1. The minimum Gasteiger partial charge on any atom is -0.347 e. The summed E-state index contributed by atoms with van der Waals surface area (Å²) in [5.41, 5.74) is 1.63. The quantitative estimate of drug-likeness (QED) is 0.631. The number of piperidine rings is 1. The fraction of sp³-hybridized carbons (Fsp3) is 0.636. The molecular weight excluding hydrogens is 446 g/mol. The summed E-state index contributed by atoms with van der Waals surface area (Å²) < 4.78 is 27.9. The van der Waals surface area contributed by atoms with Gasteiger partial charge in [-0.25, -0.2) is 13.4 Å². The van der Waals surface area contributed by atoms with Crippen LogP contribution in [0.2, 0.25) is 0 Å². The molecule has 8 nitrogen and oxygen atoms in total. The molecule has 1 atom stereocenters. The molecule has 0 spiro atoms. The van der Waals surface area contributed by atoms with Gasteiger partial charge in [-0.1, -0.05) is 13.8 Å². The highest BCUT2D eigenvalue weighted by molar-refractivity contribution is 7.90. The minimum absolute atomic E-state index is 0.0833. The molecule has 1 amide bonds. The van der Waals surface area contributed by atoms with Crippen molar-refractivity contribution < 1.29 is 13.2 Å². The number of carbonyl (C=O) groups excluding carboxylic acids is 1. The van der Waals surface area contributed by atoms with Gasteiger partial charge in [0.25, 0.3) is 0 Å². The molecule has 0 unspecified atom stereocenters. The number of hydrogen-bond acceptors (Lipinski definition) is 8. The number of hydrogen-bond donors (Lipinski definition) is 0. The standard InChI is InChI=1S/C22H31N5O3S2/c1-14(2)20-24-22(31-25-20)26-8-6-17(7-9-26)27-10-5-16(21(27)28)12-19-15(3)11-18(13-23-19)32(4,29)30/h11,13-14,16-17H,5-10,12H2,1-4H3/t16-/m1/s1. The van der Waals surface area contributed by atoms with Gasteiger partial charge in [-0.05, 0) is 37.8 Å². The molecule has 2 fully saturated rings. The van der Waals surface area contributed by atoms with Gasteiger partial charge in [-0.3, -0.25) is 9.78 Å². The van der Waals surface area contributed by atoms with Crippen molar-refractivity contribution in [2.45, 2.75) is 63.3 Å². The maximum atomic E-state index is 13.1. The van der Waals surface area contributed by atoms with Crippen LogP contribution in [-0.2, 0) is 21.1 Å². The summed E-state index contributed by atoms with van der Waals surface area (Å²) in [6.45, 7) is 8.63. The molecule has 32 heavy (non-hydrogen) atoms. The lowest BCUT2D eigenvalue weighted by Crippen LogP contribution is -2.46. The van der Waals surface area contributed by atoms with Crippen LogP contribution < -0.4 is 4.90 Å². The largest absolute Gasteiger partial charge is 0.347 e. The van der Waals surface area contributed by atoms with Crippen molar-refractivity contribution in [3.8, 4) is 0 Å². The number of sulfone groups is 1. The highest BCUT2D eigenvalue weighted by Gasteiger charge is 2.37. The van der Waals surface area contributed by atoms with E-state index in [0.29, 0.717) is 12.3 Å². The lowest BCUT2D eigenvalue weighted by molar-refractivity contribution is -0.133. The number of aryl methyl sites for hydroxylation is 1. The summed E-state index contributed by atoms with van der Waals surface area (Å²) in [6, 6.07) is 1.92. The molecule has 174 valence electrons. The van der Waals surface area contributed by atoms with E-state index in [1.165, 1.54) is 24.0 Å². The normalized spacial score (nSPS) is 20.5. The zero-order valence-electron chi connectivity index (χ0n) is 19.1. The Hall–Kier alpha value is -2.07. The fourth-order valence-corrected chi connectivity index (χ4v) is 5.99. The van der Waals surface area contributed by atoms with Crippen molar-refractivity contribution in [3.63, 3.8) is 0 Å². The predicted octanol–water partition coefficient (Wildman–Crippen LogP) is 2.83. The van der Waals surface area contributed by atoms with E-state index in [4.69, 9.17) is 0 Å². The molecule has 0 bridgehead atoms. The van der Waals surface area contributed by atoms with E-state index >= 15 is 0 Å². The minimum atomic E-state index is -3.28. The molecular formula is C22H31N5O3S2. The first kappa shape index (κ1) is 23.1. The fourth-order valence-electron chi connectivity index (χ4n) is 4.50. The predicted molar refractivity (Wildman–Crippen MR) is 125 cm³/mol. The zero-order chi connectivity index (χ0) is 23.0. The van der Waals surface area contributed by atoms with Crippen LogP contribution in [0.15, 0.2) is 17.2 Å². The average molecular weight is 478 g/mol. The molecule has 0 radical (unpaired) electrons. The number of pyridine rings is 1. The van der Waals surface area contributed by atoms with Crippen LogP contribution >= 0.6 is 11.5 Å². The van der Waals surface area contributed by atoms with Crippen molar-refractivity contribution >= 4 is 32.4 Å². The van der Waals surface area contributed by atoms with Gasteiger partial charge in [0.15, 0.2) is 9.84 Å². The number of aromatic nitrogens is 3. The SMILES string of the molecule is Cc1cc(S(C)(=O)=O)cnc1C[C@H]1CCN(C2CCN(c3nc(C(C)C)ns3)CC2)C1=O.